The molecule has 2 aromatic rings. The van der Waals surface area contributed by atoms with Crippen LogP contribution in [0.4, 0.5) is 5.82 Å². The Morgan fingerprint density at radius 2 is 1.96 bits per heavy atom. The van der Waals surface area contributed by atoms with Gasteiger partial charge >= 0.3 is 0 Å². The normalized spacial score (nSPS) is 10.6. The molecule has 23 heavy (non-hydrogen) atoms. The molecule has 8 heteroatoms. The molecular formula is C15H21N5O2S. The molecule has 0 radical (unpaired) electrons. The predicted octanol–water partition coefficient (Wildman–Crippen LogP) is 1.23. The summed E-state index contributed by atoms with van der Waals surface area (Å²) in [4.78, 5) is 33.5. The Morgan fingerprint density at radius 3 is 2.65 bits per heavy atom. The van der Waals surface area contributed by atoms with E-state index in [9.17, 15) is 9.59 Å². The average Bonchev–Trinajstić information content (AvgIpc) is 2.92. The van der Waals surface area contributed by atoms with E-state index in [0.717, 1.165) is 16.6 Å². The summed E-state index contributed by atoms with van der Waals surface area (Å²) >= 11 is 1.65. The van der Waals surface area contributed by atoms with Crippen molar-refractivity contribution in [3.8, 4) is 0 Å². The van der Waals surface area contributed by atoms with E-state index in [1.807, 2.05) is 6.92 Å². The SMILES string of the molecule is CCc1cc2c(NCC(=O)NCCNC(C)=O)nc(C)nc2s1. The van der Waals surface area contributed by atoms with Gasteiger partial charge in [-0.15, -0.1) is 11.3 Å². The van der Waals surface area contributed by atoms with Crippen molar-refractivity contribution in [2.75, 3.05) is 25.0 Å². The molecule has 0 saturated carbocycles. The van der Waals surface area contributed by atoms with E-state index < -0.39 is 0 Å². The summed E-state index contributed by atoms with van der Waals surface area (Å²) < 4.78 is 0. The summed E-state index contributed by atoms with van der Waals surface area (Å²) in [6.07, 6.45) is 0.948. The van der Waals surface area contributed by atoms with E-state index >= 15 is 0 Å². The fourth-order valence-corrected chi connectivity index (χ4v) is 3.07. The van der Waals surface area contributed by atoms with Gasteiger partial charge in [0.05, 0.1) is 11.9 Å². The number of hydrogen-bond acceptors (Lipinski definition) is 6. The van der Waals surface area contributed by atoms with Gasteiger partial charge in [-0.3, -0.25) is 9.59 Å². The Balaban J connectivity index is 1.94. The summed E-state index contributed by atoms with van der Waals surface area (Å²) in [5, 5.41) is 9.37. The smallest absolute Gasteiger partial charge is 0.239 e. The number of nitrogens with zero attached hydrogens (tertiary/aromatic N) is 2. The molecule has 0 bridgehead atoms. The number of anilines is 1. The van der Waals surface area contributed by atoms with Crippen LogP contribution in [0, 0.1) is 6.92 Å². The molecule has 0 aliphatic heterocycles. The van der Waals surface area contributed by atoms with Gasteiger partial charge in [-0.1, -0.05) is 6.92 Å². The van der Waals surface area contributed by atoms with E-state index in [-0.39, 0.29) is 18.4 Å². The topological polar surface area (TPSA) is 96.0 Å². The van der Waals surface area contributed by atoms with Crippen LogP contribution in [0.5, 0.6) is 0 Å². The minimum Gasteiger partial charge on any atom is -0.360 e. The maximum absolute atomic E-state index is 11.8. The largest absolute Gasteiger partial charge is 0.360 e. The average molecular weight is 335 g/mol. The molecule has 0 aromatic carbocycles. The van der Waals surface area contributed by atoms with Crippen LogP contribution in [0.15, 0.2) is 6.07 Å². The molecule has 0 spiro atoms. The summed E-state index contributed by atoms with van der Waals surface area (Å²) in [6.45, 7) is 6.32. The number of aromatic nitrogens is 2. The second-order valence-electron chi connectivity index (χ2n) is 5.09. The van der Waals surface area contributed by atoms with E-state index in [4.69, 9.17) is 0 Å². The highest BCUT2D eigenvalue weighted by Crippen LogP contribution is 2.29. The second kappa shape index (κ2) is 7.87. The number of hydrogen-bond donors (Lipinski definition) is 3. The van der Waals surface area contributed by atoms with Crippen molar-refractivity contribution in [2.45, 2.75) is 27.2 Å². The molecule has 3 N–H and O–H groups in total. The lowest BCUT2D eigenvalue weighted by Crippen LogP contribution is -2.36. The van der Waals surface area contributed by atoms with Gasteiger partial charge in [0.15, 0.2) is 0 Å². The number of fused-ring (bicyclic) bond motifs is 1. The van der Waals surface area contributed by atoms with Crippen LogP contribution in [0.3, 0.4) is 0 Å². The Hall–Kier alpha value is -2.22. The molecule has 7 nitrogen and oxygen atoms in total. The highest BCUT2D eigenvalue weighted by Gasteiger charge is 2.10. The molecule has 2 amide bonds. The van der Waals surface area contributed by atoms with Crippen LogP contribution < -0.4 is 16.0 Å². The first-order valence-corrected chi connectivity index (χ1v) is 8.33. The number of nitrogens with one attached hydrogen (secondary N) is 3. The first-order valence-electron chi connectivity index (χ1n) is 7.51. The fraction of sp³-hybridized carbons (Fsp3) is 0.467. The standard InChI is InChI=1S/C15H21N5O2S/c1-4-11-7-12-14(19-9(2)20-15(12)23-11)18-8-13(22)17-6-5-16-10(3)21/h7H,4-6,8H2,1-3H3,(H,16,21)(H,17,22)(H,18,19,20). The molecule has 124 valence electrons. The van der Waals surface area contributed by atoms with E-state index in [1.54, 1.807) is 11.3 Å². The second-order valence-corrected chi connectivity index (χ2v) is 6.21. The van der Waals surface area contributed by atoms with Crippen molar-refractivity contribution in [1.82, 2.24) is 20.6 Å². The van der Waals surface area contributed by atoms with E-state index in [2.05, 4.69) is 38.9 Å². The first kappa shape index (κ1) is 17.1. The summed E-state index contributed by atoms with van der Waals surface area (Å²) in [6, 6.07) is 2.07. The summed E-state index contributed by atoms with van der Waals surface area (Å²) in [7, 11) is 0. The van der Waals surface area contributed by atoms with Crippen molar-refractivity contribution in [1.29, 1.82) is 0 Å². The van der Waals surface area contributed by atoms with Crippen LogP contribution in [0.25, 0.3) is 10.2 Å². The highest BCUT2D eigenvalue weighted by molar-refractivity contribution is 7.18. The van der Waals surface area contributed by atoms with Gasteiger partial charge in [0.1, 0.15) is 16.5 Å². The highest BCUT2D eigenvalue weighted by atomic mass is 32.1. The summed E-state index contributed by atoms with van der Waals surface area (Å²) in [5.74, 6) is 1.10. The fourth-order valence-electron chi connectivity index (χ4n) is 2.05. The Kier molecular flexibility index (Phi) is 5.86. The molecule has 0 saturated heterocycles. The van der Waals surface area contributed by atoms with Crippen molar-refractivity contribution in [3.63, 3.8) is 0 Å². The van der Waals surface area contributed by atoms with Gasteiger partial charge in [0.2, 0.25) is 11.8 Å². The van der Waals surface area contributed by atoms with Crippen molar-refractivity contribution >= 4 is 39.2 Å². The van der Waals surface area contributed by atoms with Gasteiger partial charge in [0.25, 0.3) is 0 Å². The summed E-state index contributed by atoms with van der Waals surface area (Å²) in [5.41, 5.74) is 0. The Bertz CT molecular complexity index is 713. The van der Waals surface area contributed by atoms with Gasteiger partial charge in [-0.2, -0.15) is 0 Å². The zero-order valence-electron chi connectivity index (χ0n) is 13.5. The van der Waals surface area contributed by atoms with Crippen LogP contribution in [0.2, 0.25) is 0 Å². The van der Waals surface area contributed by atoms with Crippen molar-refractivity contribution < 1.29 is 9.59 Å². The number of rotatable bonds is 7. The van der Waals surface area contributed by atoms with Crippen molar-refractivity contribution in [3.05, 3.63) is 16.8 Å². The third kappa shape index (κ3) is 4.88. The van der Waals surface area contributed by atoms with Crippen LogP contribution in [-0.4, -0.2) is 41.4 Å². The van der Waals surface area contributed by atoms with Crippen LogP contribution in [-0.2, 0) is 16.0 Å². The van der Waals surface area contributed by atoms with Gasteiger partial charge < -0.3 is 16.0 Å². The predicted molar refractivity (Wildman–Crippen MR) is 91.7 cm³/mol. The van der Waals surface area contributed by atoms with Gasteiger partial charge in [-0.25, -0.2) is 9.97 Å². The lowest BCUT2D eigenvalue weighted by molar-refractivity contribution is -0.121. The minimum absolute atomic E-state index is 0.111. The third-order valence-corrected chi connectivity index (χ3v) is 4.31. The molecular weight excluding hydrogens is 314 g/mol. The van der Waals surface area contributed by atoms with Crippen LogP contribution >= 0.6 is 11.3 Å². The Labute approximate surface area is 138 Å². The van der Waals surface area contributed by atoms with Crippen molar-refractivity contribution in [2.24, 2.45) is 0 Å². The lowest BCUT2D eigenvalue weighted by atomic mass is 10.3. The maximum Gasteiger partial charge on any atom is 0.239 e. The number of carbonyl (C=O) groups is 2. The zero-order chi connectivity index (χ0) is 16.8. The number of carbonyl (C=O) groups excluding carboxylic acids is 2. The van der Waals surface area contributed by atoms with Crippen LogP contribution in [0.1, 0.15) is 24.5 Å². The lowest BCUT2D eigenvalue weighted by Gasteiger charge is -2.08. The molecule has 0 aliphatic carbocycles. The molecule has 0 aliphatic rings. The van der Waals surface area contributed by atoms with E-state index in [1.165, 1.54) is 11.8 Å². The Morgan fingerprint density at radius 1 is 1.22 bits per heavy atom. The molecule has 2 aromatic heterocycles. The molecule has 0 fully saturated rings. The number of amides is 2. The minimum atomic E-state index is -0.147. The monoisotopic (exact) mass is 335 g/mol. The maximum atomic E-state index is 11.8. The zero-order valence-corrected chi connectivity index (χ0v) is 14.3. The number of aryl methyl sites for hydroxylation is 2. The number of thiophene rings is 1. The molecule has 0 unspecified atom stereocenters. The molecule has 2 heterocycles. The molecule has 0 atom stereocenters. The first-order chi connectivity index (χ1) is 11.0. The molecule has 2 rings (SSSR count). The van der Waals surface area contributed by atoms with Gasteiger partial charge in [-0.05, 0) is 19.4 Å². The quantitative estimate of drug-likeness (QED) is 0.661. The van der Waals surface area contributed by atoms with Gasteiger partial charge in [0, 0.05) is 24.9 Å². The third-order valence-electron chi connectivity index (χ3n) is 3.14. The van der Waals surface area contributed by atoms with E-state index in [0.29, 0.717) is 24.7 Å².